The highest BCUT2D eigenvalue weighted by molar-refractivity contribution is 5.81. The van der Waals surface area contributed by atoms with Crippen molar-refractivity contribution < 1.29 is 14.7 Å². The molecule has 0 radical (unpaired) electrons. The van der Waals surface area contributed by atoms with Crippen LogP contribution in [0.2, 0.25) is 0 Å². The van der Waals surface area contributed by atoms with E-state index in [9.17, 15) is 4.79 Å². The molecule has 0 aliphatic carbocycles. The van der Waals surface area contributed by atoms with Gasteiger partial charge in [-0.1, -0.05) is 5.16 Å². The number of nitrogens with two attached hydrogens (primary N) is 1. The van der Waals surface area contributed by atoms with Crippen LogP contribution in [0.15, 0.2) is 5.16 Å². The van der Waals surface area contributed by atoms with Crippen molar-refractivity contribution in [2.75, 3.05) is 13.2 Å². The average Bonchev–Trinajstić information content (AvgIpc) is 2.81. The molecule has 1 saturated heterocycles. The lowest BCUT2D eigenvalue weighted by Crippen LogP contribution is -2.34. The maximum atomic E-state index is 11.5. The molecule has 1 aliphatic heterocycles. The molecule has 1 unspecified atom stereocenters. The number of ether oxygens (including phenoxy) is 1. The third-order valence-corrected chi connectivity index (χ3v) is 2.51. The first-order valence-corrected chi connectivity index (χ1v) is 5.59. The van der Waals surface area contributed by atoms with E-state index in [0.29, 0.717) is 19.6 Å². The van der Waals surface area contributed by atoms with Crippen molar-refractivity contribution in [1.29, 1.82) is 0 Å². The van der Waals surface area contributed by atoms with Crippen LogP contribution in [0.1, 0.15) is 32.1 Å². The van der Waals surface area contributed by atoms with Crippen LogP contribution in [0.4, 0.5) is 0 Å². The Morgan fingerprint density at radius 2 is 2.38 bits per heavy atom. The monoisotopic (exact) mass is 229 g/mol. The second-order valence-corrected chi connectivity index (χ2v) is 3.84. The van der Waals surface area contributed by atoms with E-state index < -0.39 is 0 Å². The van der Waals surface area contributed by atoms with E-state index in [2.05, 4.69) is 10.5 Å². The summed E-state index contributed by atoms with van der Waals surface area (Å²) >= 11 is 0. The second kappa shape index (κ2) is 7.05. The largest absolute Gasteiger partial charge is 0.409 e. The third-order valence-electron chi connectivity index (χ3n) is 2.51. The number of amides is 1. The van der Waals surface area contributed by atoms with Gasteiger partial charge in [0.15, 0.2) is 0 Å². The lowest BCUT2D eigenvalue weighted by Gasteiger charge is -2.09. The van der Waals surface area contributed by atoms with Crippen molar-refractivity contribution in [3.05, 3.63) is 0 Å². The molecule has 1 rings (SSSR count). The van der Waals surface area contributed by atoms with E-state index in [1.807, 2.05) is 0 Å². The van der Waals surface area contributed by atoms with Crippen molar-refractivity contribution in [1.82, 2.24) is 5.32 Å². The summed E-state index contributed by atoms with van der Waals surface area (Å²) in [5.74, 6) is 0.201. The van der Waals surface area contributed by atoms with Gasteiger partial charge in [0.1, 0.15) is 11.9 Å². The first kappa shape index (κ1) is 12.8. The number of nitrogens with one attached hydrogen (secondary N) is 1. The molecule has 1 aliphatic rings. The van der Waals surface area contributed by atoms with Crippen LogP contribution in [0.3, 0.4) is 0 Å². The molecule has 6 heteroatoms. The van der Waals surface area contributed by atoms with Gasteiger partial charge < -0.3 is 21.0 Å². The fourth-order valence-electron chi connectivity index (χ4n) is 1.59. The average molecular weight is 229 g/mol. The van der Waals surface area contributed by atoms with E-state index >= 15 is 0 Å². The molecule has 0 aromatic heterocycles. The first-order valence-electron chi connectivity index (χ1n) is 5.59. The molecule has 6 nitrogen and oxygen atoms in total. The van der Waals surface area contributed by atoms with Gasteiger partial charge in [0.05, 0.1) is 0 Å². The lowest BCUT2D eigenvalue weighted by molar-refractivity contribution is -0.130. The highest BCUT2D eigenvalue weighted by Crippen LogP contribution is 2.11. The normalized spacial score (nSPS) is 21.0. The molecule has 0 aromatic carbocycles. The van der Waals surface area contributed by atoms with Gasteiger partial charge in [-0.05, 0) is 25.7 Å². The van der Waals surface area contributed by atoms with Gasteiger partial charge in [-0.2, -0.15) is 0 Å². The Morgan fingerprint density at radius 3 is 3.00 bits per heavy atom. The number of oxime groups is 1. The van der Waals surface area contributed by atoms with Crippen LogP contribution >= 0.6 is 0 Å². The molecule has 1 heterocycles. The van der Waals surface area contributed by atoms with E-state index in [0.717, 1.165) is 25.7 Å². The van der Waals surface area contributed by atoms with Crippen LogP contribution in [0, 0.1) is 0 Å². The van der Waals surface area contributed by atoms with E-state index in [-0.39, 0.29) is 17.8 Å². The Bertz CT molecular complexity index is 250. The van der Waals surface area contributed by atoms with E-state index in [4.69, 9.17) is 15.7 Å². The summed E-state index contributed by atoms with van der Waals surface area (Å²) in [6.07, 6.45) is 3.67. The molecule has 1 atom stereocenters. The standard InChI is InChI=1S/C10H19N3O3/c11-9(13-15)5-1-2-6-12-10(14)8-4-3-7-16-8/h8,15H,1-7H2,(H2,11,13)(H,12,14). The molecule has 1 amide bonds. The molecular formula is C10H19N3O3. The fourth-order valence-corrected chi connectivity index (χ4v) is 1.59. The van der Waals surface area contributed by atoms with Crippen molar-refractivity contribution >= 4 is 11.7 Å². The van der Waals surface area contributed by atoms with Crippen LogP contribution in [0.25, 0.3) is 0 Å². The van der Waals surface area contributed by atoms with Crippen LogP contribution < -0.4 is 11.1 Å². The van der Waals surface area contributed by atoms with E-state index in [1.54, 1.807) is 0 Å². The number of hydrogen-bond acceptors (Lipinski definition) is 4. The maximum Gasteiger partial charge on any atom is 0.249 e. The van der Waals surface area contributed by atoms with Crippen LogP contribution in [-0.2, 0) is 9.53 Å². The number of hydrogen-bond donors (Lipinski definition) is 3. The topological polar surface area (TPSA) is 96.9 Å². The summed E-state index contributed by atoms with van der Waals surface area (Å²) in [5.41, 5.74) is 5.31. The van der Waals surface area contributed by atoms with Gasteiger partial charge in [-0.25, -0.2) is 0 Å². The van der Waals surface area contributed by atoms with Crippen molar-refractivity contribution in [2.45, 2.75) is 38.2 Å². The number of nitrogens with zero attached hydrogens (tertiary/aromatic N) is 1. The zero-order valence-electron chi connectivity index (χ0n) is 9.32. The van der Waals surface area contributed by atoms with Gasteiger partial charge in [-0.3, -0.25) is 4.79 Å². The minimum atomic E-state index is -0.260. The number of unbranched alkanes of at least 4 members (excludes halogenated alkanes) is 1. The SMILES string of the molecule is NC(CCCCNC(=O)C1CCCO1)=NO. The summed E-state index contributed by atoms with van der Waals surface area (Å²) in [5, 5.41) is 14.0. The number of amidine groups is 1. The molecule has 1 fully saturated rings. The summed E-state index contributed by atoms with van der Waals surface area (Å²) in [7, 11) is 0. The zero-order valence-corrected chi connectivity index (χ0v) is 9.32. The maximum absolute atomic E-state index is 11.5. The minimum Gasteiger partial charge on any atom is -0.409 e. The highest BCUT2D eigenvalue weighted by Gasteiger charge is 2.22. The number of rotatable bonds is 6. The fraction of sp³-hybridized carbons (Fsp3) is 0.800. The molecule has 0 aromatic rings. The third kappa shape index (κ3) is 4.48. The molecule has 4 N–H and O–H groups in total. The number of carbonyl (C=O) groups excluding carboxylic acids is 1. The molecular weight excluding hydrogens is 210 g/mol. The van der Waals surface area contributed by atoms with Gasteiger partial charge in [0.25, 0.3) is 0 Å². The summed E-state index contributed by atoms with van der Waals surface area (Å²) in [6, 6.07) is 0. The number of carbonyl (C=O) groups is 1. The second-order valence-electron chi connectivity index (χ2n) is 3.84. The predicted molar refractivity (Wildman–Crippen MR) is 59.2 cm³/mol. The summed E-state index contributed by atoms with van der Waals surface area (Å²) in [6.45, 7) is 1.29. The minimum absolute atomic E-state index is 0.0266. The van der Waals surface area contributed by atoms with Gasteiger partial charge in [0.2, 0.25) is 5.91 Å². The Labute approximate surface area is 94.8 Å². The van der Waals surface area contributed by atoms with Gasteiger partial charge in [-0.15, -0.1) is 0 Å². The Morgan fingerprint density at radius 1 is 1.56 bits per heavy atom. The quantitative estimate of drug-likeness (QED) is 0.199. The summed E-state index contributed by atoms with van der Waals surface area (Å²) in [4.78, 5) is 11.5. The summed E-state index contributed by atoms with van der Waals surface area (Å²) < 4.78 is 5.24. The smallest absolute Gasteiger partial charge is 0.249 e. The highest BCUT2D eigenvalue weighted by atomic mass is 16.5. The van der Waals surface area contributed by atoms with Gasteiger partial charge in [0, 0.05) is 19.6 Å². The predicted octanol–water partition coefficient (Wildman–Crippen LogP) is 0.198. The zero-order chi connectivity index (χ0) is 11.8. The Hall–Kier alpha value is -1.30. The van der Waals surface area contributed by atoms with Crippen molar-refractivity contribution in [3.8, 4) is 0 Å². The molecule has 0 saturated carbocycles. The van der Waals surface area contributed by atoms with Crippen LogP contribution in [-0.4, -0.2) is 36.2 Å². The van der Waals surface area contributed by atoms with Crippen molar-refractivity contribution in [2.24, 2.45) is 10.9 Å². The van der Waals surface area contributed by atoms with E-state index in [1.165, 1.54) is 0 Å². The Balaban J connectivity index is 2.00. The lowest BCUT2D eigenvalue weighted by atomic mass is 10.2. The molecule has 0 spiro atoms. The van der Waals surface area contributed by atoms with Crippen molar-refractivity contribution in [3.63, 3.8) is 0 Å². The van der Waals surface area contributed by atoms with Crippen LogP contribution in [0.5, 0.6) is 0 Å². The molecule has 92 valence electrons. The Kier molecular flexibility index (Phi) is 5.63. The molecule has 0 bridgehead atoms. The first-order chi connectivity index (χ1) is 7.74. The molecule has 16 heavy (non-hydrogen) atoms. The van der Waals surface area contributed by atoms with Gasteiger partial charge >= 0.3 is 0 Å².